The number of ether oxygens (including phenoxy) is 1. The number of benzene rings is 2. The minimum Gasteiger partial charge on any atom is -0.378 e. The first-order valence-electron chi connectivity index (χ1n) is 8.45. The maximum atomic E-state index is 12.2. The number of hydrogen-bond acceptors (Lipinski definition) is 5. The van der Waals surface area contributed by atoms with Gasteiger partial charge in [-0.1, -0.05) is 13.3 Å². The molecule has 0 saturated carbocycles. The Labute approximate surface area is 145 Å². The zero-order valence-corrected chi connectivity index (χ0v) is 14.6. The number of nitrogens with zero attached hydrogens (tertiary/aromatic N) is 2. The van der Waals surface area contributed by atoms with Gasteiger partial charge in [0, 0.05) is 30.4 Å². The van der Waals surface area contributed by atoms with E-state index in [-0.39, 0.29) is 5.43 Å². The predicted octanol–water partition coefficient (Wildman–Crippen LogP) is 3.55. The first-order valence-corrected chi connectivity index (χ1v) is 9.26. The highest BCUT2D eigenvalue weighted by Gasteiger charge is 2.14. The van der Waals surface area contributed by atoms with Crippen molar-refractivity contribution < 1.29 is 4.74 Å². The van der Waals surface area contributed by atoms with Gasteiger partial charge in [-0.2, -0.15) is 0 Å². The Balaban J connectivity index is 1.80. The fourth-order valence-electron chi connectivity index (χ4n) is 3.17. The van der Waals surface area contributed by atoms with Gasteiger partial charge in [-0.25, -0.2) is 4.98 Å². The van der Waals surface area contributed by atoms with Crippen LogP contribution in [-0.4, -0.2) is 31.3 Å². The van der Waals surface area contributed by atoms with Crippen LogP contribution in [0.2, 0.25) is 0 Å². The summed E-state index contributed by atoms with van der Waals surface area (Å²) in [5.41, 5.74) is 4.12. The lowest BCUT2D eigenvalue weighted by atomic mass is 10.1. The van der Waals surface area contributed by atoms with E-state index in [1.165, 1.54) is 5.69 Å². The molecule has 0 aromatic heterocycles. The molecule has 5 heteroatoms. The molecule has 0 spiro atoms. The van der Waals surface area contributed by atoms with Gasteiger partial charge in [-0.05, 0) is 30.7 Å². The van der Waals surface area contributed by atoms with E-state index in [2.05, 4.69) is 30.0 Å². The molecule has 4 rings (SSSR count). The van der Waals surface area contributed by atoms with Crippen molar-refractivity contribution in [3.8, 4) is 10.6 Å². The number of aryl methyl sites for hydroxylation is 1. The average Bonchev–Trinajstić information content (AvgIpc) is 2.61. The smallest absolute Gasteiger partial charge is 0.183 e. The molecule has 3 aliphatic rings. The first-order chi connectivity index (χ1) is 11.7. The summed E-state index contributed by atoms with van der Waals surface area (Å²) in [6, 6.07) is 10.1. The molecule has 1 aliphatic carbocycles. The van der Waals surface area contributed by atoms with Crippen LogP contribution >= 0.6 is 11.3 Å². The zero-order chi connectivity index (χ0) is 16.5. The molecule has 0 unspecified atom stereocenters. The second-order valence-corrected chi connectivity index (χ2v) is 7.23. The highest BCUT2D eigenvalue weighted by molar-refractivity contribution is 7.21. The molecular weight excluding hydrogens is 320 g/mol. The minimum absolute atomic E-state index is 0.131. The second-order valence-electron chi connectivity index (χ2n) is 6.14. The van der Waals surface area contributed by atoms with Gasteiger partial charge in [-0.15, -0.1) is 11.3 Å². The molecule has 2 heterocycles. The van der Waals surface area contributed by atoms with Crippen molar-refractivity contribution >= 4 is 27.2 Å². The van der Waals surface area contributed by atoms with Crippen molar-refractivity contribution in [3.05, 3.63) is 46.1 Å². The van der Waals surface area contributed by atoms with E-state index in [4.69, 9.17) is 9.72 Å². The number of fused-ring (bicyclic) bond motifs is 2. The molecule has 0 radical (unpaired) electrons. The Hall–Kier alpha value is -1.98. The van der Waals surface area contributed by atoms with Gasteiger partial charge in [-0.3, -0.25) is 4.79 Å². The average molecular weight is 340 g/mol. The van der Waals surface area contributed by atoms with Crippen LogP contribution in [0.25, 0.3) is 20.8 Å². The molecule has 1 fully saturated rings. The van der Waals surface area contributed by atoms with Crippen molar-refractivity contribution in [2.75, 3.05) is 31.2 Å². The normalized spacial score (nSPS) is 15.3. The van der Waals surface area contributed by atoms with Crippen molar-refractivity contribution in [1.82, 2.24) is 4.98 Å². The highest BCUT2D eigenvalue weighted by atomic mass is 32.1. The molecule has 1 aromatic rings. The summed E-state index contributed by atoms with van der Waals surface area (Å²) < 4.78 is 6.54. The Morgan fingerprint density at radius 3 is 2.83 bits per heavy atom. The fourth-order valence-corrected chi connectivity index (χ4v) is 4.18. The third-order valence-electron chi connectivity index (χ3n) is 4.44. The number of rotatable bonds is 3. The fraction of sp³-hybridized carbons (Fsp3) is 0.368. The largest absolute Gasteiger partial charge is 0.378 e. The molecular formula is C19H20N2O2S. The Morgan fingerprint density at radius 1 is 1.21 bits per heavy atom. The topological polar surface area (TPSA) is 42.4 Å². The van der Waals surface area contributed by atoms with Crippen molar-refractivity contribution in [2.24, 2.45) is 0 Å². The van der Waals surface area contributed by atoms with Crippen molar-refractivity contribution in [1.29, 1.82) is 0 Å². The van der Waals surface area contributed by atoms with Crippen molar-refractivity contribution in [3.63, 3.8) is 0 Å². The van der Waals surface area contributed by atoms with Crippen LogP contribution in [-0.2, 0) is 11.2 Å². The lowest BCUT2D eigenvalue weighted by molar-refractivity contribution is 0.122. The summed E-state index contributed by atoms with van der Waals surface area (Å²) in [6.07, 6.45) is 1.79. The molecule has 1 aromatic carbocycles. The molecule has 0 amide bonds. The maximum Gasteiger partial charge on any atom is 0.183 e. The zero-order valence-electron chi connectivity index (χ0n) is 13.7. The van der Waals surface area contributed by atoms with Crippen LogP contribution < -0.4 is 10.3 Å². The summed E-state index contributed by atoms with van der Waals surface area (Å²) in [6.45, 7) is 5.48. The van der Waals surface area contributed by atoms with E-state index in [0.717, 1.165) is 65.5 Å². The standard InChI is InChI=1S/C19H20N2O2S/c1-2-3-13-10-16-19(12-17(13)22)24-18-11-14(4-5-15(18)20-16)21-6-8-23-9-7-21/h4-5,10-12H,2-3,6-9H2,1H3. The highest BCUT2D eigenvalue weighted by Crippen LogP contribution is 2.32. The molecule has 0 N–H and O–H groups in total. The van der Waals surface area contributed by atoms with E-state index in [1.54, 1.807) is 17.4 Å². The number of anilines is 1. The van der Waals surface area contributed by atoms with E-state index < -0.39 is 0 Å². The lowest BCUT2D eigenvalue weighted by Gasteiger charge is -2.29. The molecule has 24 heavy (non-hydrogen) atoms. The van der Waals surface area contributed by atoms with Gasteiger partial charge < -0.3 is 9.64 Å². The van der Waals surface area contributed by atoms with Gasteiger partial charge in [0.1, 0.15) is 0 Å². The molecule has 1 saturated heterocycles. The summed E-state index contributed by atoms with van der Waals surface area (Å²) in [5.74, 6) is 0. The summed E-state index contributed by atoms with van der Waals surface area (Å²) in [4.78, 5) is 20.3. The predicted molar refractivity (Wildman–Crippen MR) is 99.5 cm³/mol. The van der Waals surface area contributed by atoms with E-state index in [9.17, 15) is 4.79 Å². The van der Waals surface area contributed by atoms with E-state index in [0.29, 0.717) is 0 Å². The number of hydrogen-bond donors (Lipinski definition) is 0. The van der Waals surface area contributed by atoms with Crippen LogP contribution in [0.15, 0.2) is 35.1 Å². The first kappa shape index (κ1) is 15.5. The van der Waals surface area contributed by atoms with Crippen LogP contribution in [0.1, 0.15) is 18.9 Å². The molecule has 124 valence electrons. The van der Waals surface area contributed by atoms with Gasteiger partial charge in [0.2, 0.25) is 0 Å². The molecule has 0 atom stereocenters. The van der Waals surface area contributed by atoms with Gasteiger partial charge >= 0.3 is 0 Å². The van der Waals surface area contributed by atoms with Crippen molar-refractivity contribution in [2.45, 2.75) is 19.8 Å². The number of aromatic nitrogens is 1. The van der Waals surface area contributed by atoms with Gasteiger partial charge in [0.25, 0.3) is 0 Å². The van der Waals surface area contributed by atoms with Crippen LogP contribution in [0, 0.1) is 0 Å². The van der Waals surface area contributed by atoms with E-state index in [1.807, 2.05) is 6.07 Å². The Bertz CT molecular complexity index is 900. The SMILES string of the molecule is CCCc1cc2nc3ccc(N4CCOCC4)cc3sc-2cc1=O. The Kier molecular flexibility index (Phi) is 4.21. The third-order valence-corrected chi connectivity index (χ3v) is 5.54. The lowest BCUT2D eigenvalue weighted by Crippen LogP contribution is -2.36. The molecule has 2 aliphatic heterocycles. The minimum atomic E-state index is 0.131. The quantitative estimate of drug-likeness (QED) is 0.684. The number of morpholine rings is 1. The molecule has 4 nitrogen and oxygen atoms in total. The van der Waals surface area contributed by atoms with Gasteiger partial charge in [0.05, 0.1) is 34.0 Å². The second kappa shape index (κ2) is 6.49. The summed E-state index contributed by atoms with van der Waals surface area (Å²) >= 11 is 1.65. The van der Waals surface area contributed by atoms with Crippen LogP contribution in [0.4, 0.5) is 5.69 Å². The summed E-state index contributed by atoms with van der Waals surface area (Å²) in [5, 5.41) is 0. The van der Waals surface area contributed by atoms with Gasteiger partial charge in [0.15, 0.2) is 5.43 Å². The summed E-state index contributed by atoms with van der Waals surface area (Å²) in [7, 11) is 0. The monoisotopic (exact) mass is 340 g/mol. The Morgan fingerprint density at radius 2 is 2.04 bits per heavy atom. The van der Waals surface area contributed by atoms with Crippen LogP contribution in [0.5, 0.6) is 0 Å². The molecule has 0 bridgehead atoms. The van der Waals surface area contributed by atoms with E-state index >= 15 is 0 Å². The maximum absolute atomic E-state index is 12.2. The third kappa shape index (κ3) is 2.89. The van der Waals surface area contributed by atoms with Crippen LogP contribution in [0.3, 0.4) is 0 Å².